The zero-order chi connectivity index (χ0) is 15.2. The zero-order valence-electron chi connectivity index (χ0n) is 12.3. The summed E-state index contributed by atoms with van der Waals surface area (Å²) in [5, 5.41) is 11.0. The van der Waals surface area contributed by atoms with Gasteiger partial charge in [-0.15, -0.1) is 11.3 Å². The summed E-state index contributed by atoms with van der Waals surface area (Å²) in [6.45, 7) is 5.08. The Labute approximate surface area is 128 Å². The molecule has 2 aromatic rings. The Morgan fingerprint density at radius 2 is 2.43 bits per heavy atom. The van der Waals surface area contributed by atoms with Crippen molar-refractivity contribution in [3.05, 3.63) is 41.1 Å². The van der Waals surface area contributed by atoms with Crippen LogP contribution in [0, 0.1) is 5.41 Å². The Bertz CT molecular complexity index is 705. The normalized spacial score (nSPS) is 12.4. The molecule has 0 amide bonds. The molecule has 0 fully saturated rings. The lowest BCUT2D eigenvalue weighted by molar-refractivity contribution is 0.700. The molecule has 2 heterocycles. The molecular weight excluding hydrogens is 282 g/mol. The molecule has 0 aliphatic rings. The van der Waals surface area contributed by atoms with E-state index in [-0.39, 0.29) is 0 Å². The Morgan fingerprint density at radius 1 is 1.62 bits per heavy atom. The Kier molecular flexibility index (Phi) is 5.19. The molecule has 0 unspecified atom stereocenters. The third kappa shape index (κ3) is 3.17. The molecule has 0 aromatic carbocycles. The topological polar surface area (TPSA) is 66.1 Å². The maximum Gasteiger partial charge on any atom is 0.151 e. The highest BCUT2D eigenvalue weighted by molar-refractivity contribution is 7.17. The van der Waals surface area contributed by atoms with Crippen LogP contribution in [0.25, 0.3) is 10.3 Å². The van der Waals surface area contributed by atoms with Crippen LogP contribution in [-0.2, 0) is 13.6 Å². The van der Waals surface area contributed by atoms with E-state index in [1.165, 1.54) is 6.21 Å². The van der Waals surface area contributed by atoms with Gasteiger partial charge in [0.2, 0.25) is 0 Å². The molecule has 0 spiro atoms. The van der Waals surface area contributed by atoms with Gasteiger partial charge >= 0.3 is 0 Å². The third-order valence-corrected chi connectivity index (χ3v) is 4.07. The second kappa shape index (κ2) is 7.10. The minimum atomic E-state index is 0.677. The Hall–Kier alpha value is -2.05. The molecule has 0 aliphatic carbocycles. The molecular formula is C15H19N5S. The number of aromatic nitrogens is 2. The van der Waals surface area contributed by atoms with Crippen LogP contribution in [0.1, 0.15) is 11.3 Å². The average Bonchev–Trinajstić information content (AvgIpc) is 3.03. The standard InChI is InChI=1S/C15H19N5S/c1-4-5-11(7-17-2)8-18-9-13-12(6-16)14-15(20(13)3)19-10-21-14/h4-7,10,16,18H,1,8-9H2,2-3H3/b11-5+,16-6?,17-7?. The van der Waals surface area contributed by atoms with Gasteiger partial charge in [-0.2, -0.15) is 0 Å². The van der Waals surface area contributed by atoms with Gasteiger partial charge in [0, 0.05) is 50.9 Å². The van der Waals surface area contributed by atoms with Gasteiger partial charge in [-0.1, -0.05) is 18.7 Å². The molecule has 0 aliphatic heterocycles. The number of aliphatic imine (C=N–C) groups is 1. The first-order chi connectivity index (χ1) is 10.2. The lowest BCUT2D eigenvalue weighted by Gasteiger charge is -2.08. The van der Waals surface area contributed by atoms with Gasteiger partial charge in [0.25, 0.3) is 0 Å². The Balaban J connectivity index is 2.15. The summed E-state index contributed by atoms with van der Waals surface area (Å²) in [4.78, 5) is 8.38. The van der Waals surface area contributed by atoms with Gasteiger partial charge in [-0.05, 0) is 5.57 Å². The Morgan fingerprint density at radius 3 is 3.10 bits per heavy atom. The van der Waals surface area contributed by atoms with Gasteiger partial charge in [0.05, 0.1) is 10.2 Å². The van der Waals surface area contributed by atoms with Crippen LogP contribution in [0.15, 0.2) is 34.8 Å². The van der Waals surface area contributed by atoms with Crippen molar-refractivity contribution in [2.75, 3.05) is 13.6 Å². The SMILES string of the molecule is C=C/C=C(\C=NC)CNCc1c(C=N)c2scnc2n1C. The van der Waals surface area contributed by atoms with Crippen LogP contribution in [0.2, 0.25) is 0 Å². The fourth-order valence-corrected chi connectivity index (χ4v) is 3.11. The zero-order valence-corrected chi connectivity index (χ0v) is 13.1. The van der Waals surface area contributed by atoms with Gasteiger partial charge in [0.1, 0.15) is 0 Å². The van der Waals surface area contributed by atoms with Crippen LogP contribution in [0.5, 0.6) is 0 Å². The number of hydrogen-bond acceptors (Lipinski definition) is 5. The van der Waals surface area contributed by atoms with Crippen molar-refractivity contribution < 1.29 is 0 Å². The smallest absolute Gasteiger partial charge is 0.151 e. The van der Waals surface area contributed by atoms with Crippen molar-refractivity contribution in [2.45, 2.75) is 6.54 Å². The number of aryl methyl sites for hydroxylation is 1. The number of fused-ring (bicyclic) bond motifs is 1. The second-order valence-electron chi connectivity index (χ2n) is 4.54. The molecule has 21 heavy (non-hydrogen) atoms. The highest BCUT2D eigenvalue weighted by Gasteiger charge is 2.15. The highest BCUT2D eigenvalue weighted by Crippen LogP contribution is 2.26. The van der Waals surface area contributed by atoms with E-state index in [9.17, 15) is 0 Å². The molecule has 110 valence electrons. The summed E-state index contributed by atoms with van der Waals surface area (Å²) in [5.74, 6) is 0. The second-order valence-corrected chi connectivity index (χ2v) is 5.39. The number of allylic oxidation sites excluding steroid dienone is 2. The fourth-order valence-electron chi connectivity index (χ4n) is 2.26. The van der Waals surface area contributed by atoms with Crippen molar-refractivity contribution in [3.63, 3.8) is 0 Å². The predicted molar refractivity (Wildman–Crippen MR) is 90.9 cm³/mol. The third-order valence-electron chi connectivity index (χ3n) is 3.22. The molecule has 2 aromatic heterocycles. The fraction of sp³-hybridized carbons (Fsp3) is 0.267. The van der Waals surface area contributed by atoms with Gasteiger partial charge in [-0.25, -0.2) is 4.98 Å². The highest BCUT2D eigenvalue weighted by atomic mass is 32.1. The first-order valence-electron chi connectivity index (χ1n) is 6.58. The van der Waals surface area contributed by atoms with Crippen LogP contribution < -0.4 is 5.32 Å². The van der Waals surface area contributed by atoms with E-state index in [1.54, 1.807) is 24.5 Å². The number of rotatable bonds is 7. The largest absolute Gasteiger partial charge is 0.330 e. The summed E-state index contributed by atoms with van der Waals surface area (Å²) < 4.78 is 3.12. The van der Waals surface area contributed by atoms with Crippen molar-refractivity contribution in [1.82, 2.24) is 14.9 Å². The van der Waals surface area contributed by atoms with E-state index in [2.05, 4.69) is 21.9 Å². The van der Waals surface area contributed by atoms with E-state index < -0.39 is 0 Å². The maximum absolute atomic E-state index is 7.64. The van der Waals surface area contributed by atoms with Gasteiger partial charge < -0.3 is 15.3 Å². The van der Waals surface area contributed by atoms with Crippen molar-refractivity contribution in [2.24, 2.45) is 12.0 Å². The van der Waals surface area contributed by atoms with E-state index in [0.29, 0.717) is 13.1 Å². The quantitative estimate of drug-likeness (QED) is 0.609. The number of hydrogen-bond donors (Lipinski definition) is 2. The van der Waals surface area contributed by atoms with Gasteiger partial charge in [-0.3, -0.25) is 4.99 Å². The summed E-state index contributed by atoms with van der Waals surface area (Å²) in [7, 11) is 3.74. The van der Waals surface area contributed by atoms with Gasteiger partial charge in [0.15, 0.2) is 5.65 Å². The van der Waals surface area contributed by atoms with Crippen molar-refractivity contribution in [3.8, 4) is 0 Å². The van der Waals surface area contributed by atoms with E-state index in [4.69, 9.17) is 5.41 Å². The van der Waals surface area contributed by atoms with Crippen LogP contribution >= 0.6 is 11.3 Å². The lowest BCUT2D eigenvalue weighted by Crippen LogP contribution is -2.19. The van der Waals surface area contributed by atoms with Crippen LogP contribution in [-0.4, -0.2) is 35.6 Å². The van der Waals surface area contributed by atoms with Crippen molar-refractivity contribution >= 4 is 34.1 Å². The van der Waals surface area contributed by atoms with E-state index in [0.717, 1.165) is 27.2 Å². The monoisotopic (exact) mass is 301 g/mol. The molecule has 0 radical (unpaired) electrons. The molecule has 5 nitrogen and oxygen atoms in total. The van der Waals surface area contributed by atoms with E-state index in [1.807, 2.05) is 29.4 Å². The number of thiazole rings is 1. The number of nitrogens with one attached hydrogen (secondary N) is 2. The minimum absolute atomic E-state index is 0.677. The molecule has 6 heteroatoms. The number of nitrogens with zero attached hydrogens (tertiary/aromatic N) is 3. The first-order valence-corrected chi connectivity index (χ1v) is 7.46. The molecule has 0 atom stereocenters. The molecule has 0 saturated carbocycles. The molecule has 2 rings (SSSR count). The average molecular weight is 301 g/mol. The predicted octanol–water partition coefficient (Wildman–Crippen LogP) is 2.54. The van der Waals surface area contributed by atoms with Crippen LogP contribution in [0.4, 0.5) is 0 Å². The minimum Gasteiger partial charge on any atom is -0.330 e. The summed E-state index contributed by atoms with van der Waals surface area (Å²) in [6, 6.07) is 0. The summed E-state index contributed by atoms with van der Waals surface area (Å²) in [6.07, 6.45) is 6.91. The molecule has 0 bridgehead atoms. The first kappa shape index (κ1) is 15.3. The maximum atomic E-state index is 7.64. The van der Waals surface area contributed by atoms with Crippen LogP contribution in [0.3, 0.4) is 0 Å². The summed E-state index contributed by atoms with van der Waals surface area (Å²) >= 11 is 1.57. The lowest BCUT2D eigenvalue weighted by atomic mass is 10.2. The molecule has 0 saturated heterocycles. The molecule has 2 N–H and O–H groups in total. The summed E-state index contributed by atoms with van der Waals surface area (Å²) in [5.41, 5.74) is 5.84. The van der Waals surface area contributed by atoms with Crippen molar-refractivity contribution in [1.29, 1.82) is 5.41 Å². The van der Waals surface area contributed by atoms with E-state index >= 15 is 0 Å².